The van der Waals surface area contributed by atoms with Crippen LogP contribution < -0.4 is 0 Å². The van der Waals surface area contributed by atoms with Crippen LogP contribution in [-0.4, -0.2) is 24.4 Å². The van der Waals surface area contributed by atoms with E-state index in [1.54, 1.807) is 0 Å². The fourth-order valence-electron chi connectivity index (χ4n) is 1.88. The molecule has 0 unspecified atom stereocenters. The van der Waals surface area contributed by atoms with Crippen molar-refractivity contribution in [3.63, 3.8) is 0 Å². The standard InChI is InChI=1S/C14H29NO/c1-4-6-7-8-9-10-11-12-13-15(3)14(16)5-2/h4-13H2,1-3H3. The Kier molecular flexibility index (Phi) is 10.6. The van der Waals surface area contributed by atoms with Gasteiger partial charge in [-0.3, -0.25) is 4.79 Å². The van der Waals surface area contributed by atoms with Crippen LogP contribution in [0.15, 0.2) is 0 Å². The first-order valence-corrected chi connectivity index (χ1v) is 6.96. The van der Waals surface area contributed by atoms with Crippen LogP contribution in [0.25, 0.3) is 0 Å². The van der Waals surface area contributed by atoms with Crippen molar-refractivity contribution in [2.45, 2.75) is 71.6 Å². The summed E-state index contributed by atoms with van der Waals surface area (Å²) in [6.07, 6.45) is 11.3. The van der Waals surface area contributed by atoms with Gasteiger partial charge in [-0.25, -0.2) is 0 Å². The molecule has 0 aromatic rings. The van der Waals surface area contributed by atoms with E-state index in [1.807, 2.05) is 18.9 Å². The van der Waals surface area contributed by atoms with Gasteiger partial charge in [-0.05, 0) is 6.42 Å². The van der Waals surface area contributed by atoms with Crippen molar-refractivity contribution in [3.05, 3.63) is 0 Å². The number of hydrogen-bond acceptors (Lipinski definition) is 1. The van der Waals surface area contributed by atoms with Gasteiger partial charge in [0, 0.05) is 20.0 Å². The molecule has 0 bridgehead atoms. The van der Waals surface area contributed by atoms with Gasteiger partial charge in [0.25, 0.3) is 0 Å². The highest BCUT2D eigenvalue weighted by Gasteiger charge is 2.03. The molecule has 0 heterocycles. The average Bonchev–Trinajstić information content (AvgIpc) is 2.31. The molecule has 0 aromatic heterocycles. The van der Waals surface area contributed by atoms with Gasteiger partial charge in [0.2, 0.25) is 5.91 Å². The molecule has 2 heteroatoms. The van der Waals surface area contributed by atoms with Crippen molar-refractivity contribution in [2.24, 2.45) is 0 Å². The van der Waals surface area contributed by atoms with Crippen molar-refractivity contribution in [2.75, 3.05) is 13.6 Å². The summed E-state index contributed by atoms with van der Waals surface area (Å²) in [7, 11) is 1.91. The number of unbranched alkanes of at least 4 members (excludes halogenated alkanes) is 7. The minimum atomic E-state index is 0.267. The van der Waals surface area contributed by atoms with E-state index in [2.05, 4.69) is 6.92 Å². The van der Waals surface area contributed by atoms with Gasteiger partial charge in [0.05, 0.1) is 0 Å². The Morgan fingerprint density at radius 3 is 1.88 bits per heavy atom. The molecular weight excluding hydrogens is 198 g/mol. The molecule has 0 aliphatic carbocycles. The van der Waals surface area contributed by atoms with Crippen LogP contribution >= 0.6 is 0 Å². The maximum atomic E-state index is 11.3. The van der Waals surface area contributed by atoms with Crippen LogP contribution in [0.4, 0.5) is 0 Å². The topological polar surface area (TPSA) is 20.3 Å². The predicted octanol–water partition coefficient (Wildman–Crippen LogP) is 4.00. The molecule has 16 heavy (non-hydrogen) atoms. The monoisotopic (exact) mass is 227 g/mol. The van der Waals surface area contributed by atoms with Gasteiger partial charge in [-0.2, -0.15) is 0 Å². The largest absolute Gasteiger partial charge is 0.346 e. The molecule has 0 aliphatic heterocycles. The van der Waals surface area contributed by atoms with Crippen molar-refractivity contribution in [1.29, 1.82) is 0 Å². The molecule has 0 aliphatic rings. The van der Waals surface area contributed by atoms with E-state index >= 15 is 0 Å². The highest BCUT2D eigenvalue weighted by molar-refractivity contribution is 5.75. The van der Waals surface area contributed by atoms with Crippen LogP contribution in [0.1, 0.15) is 71.6 Å². The zero-order chi connectivity index (χ0) is 12.2. The van der Waals surface area contributed by atoms with E-state index in [1.165, 1.54) is 44.9 Å². The Morgan fingerprint density at radius 2 is 1.38 bits per heavy atom. The maximum Gasteiger partial charge on any atom is 0.222 e. The molecule has 0 radical (unpaired) electrons. The van der Waals surface area contributed by atoms with Gasteiger partial charge in [0.1, 0.15) is 0 Å². The zero-order valence-electron chi connectivity index (χ0n) is 11.4. The predicted molar refractivity (Wildman–Crippen MR) is 70.5 cm³/mol. The van der Waals surface area contributed by atoms with E-state index in [0.717, 1.165) is 13.0 Å². The van der Waals surface area contributed by atoms with E-state index in [9.17, 15) is 4.79 Å². The van der Waals surface area contributed by atoms with Gasteiger partial charge < -0.3 is 4.90 Å². The van der Waals surface area contributed by atoms with E-state index in [-0.39, 0.29) is 5.91 Å². The molecule has 2 nitrogen and oxygen atoms in total. The summed E-state index contributed by atoms with van der Waals surface area (Å²) in [5, 5.41) is 0. The minimum Gasteiger partial charge on any atom is -0.346 e. The molecular formula is C14H29NO. The summed E-state index contributed by atoms with van der Waals surface area (Å²) in [4.78, 5) is 13.1. The Balaban J connectivity index is 3.17. The van der Waals surface area contributed by atoms with Gasteiger partial charge in [-0.1, -0.05) is 58.8 Å². The summed E-state index contributed by atoms with van der Waals surface area (Å²) in [5.41, 5.74) is 0. The number of carbonyl (C=O) groups excluding carboxylic acids is 1. The average molecular weight is 227 g/mol. The summed E-state index contributed by atoms with van der Waals surface area (Å²) < 4.78 is 0. The number of nitrogens with zero attached hydrogens (tertiary/aromatic N) is 1. The lowest BCUT2D eigenvalue weighted by Gasteiger charge is -2.15. The van der Waals surface area contributed by atoms with Crippen molar-refractivity contribution in [3.8, 4) is 0 Å². The van der Waals surface area contributed by atoms with Crippen LogP contribution in [0, 0.1) is 0 Å². The maximum absolute atomic E-state index is 11.3. The fourth-order valence-corrected chi connectivity index (χ4v) is 1.88. The van der Waals surface area contributed by atoms with Crippen LogP contribution in [0.2, 0.25) is 0 Å². The Morgan fingerprint density at radius 1 is 0.875 bits per heavy atom. The molecule has 0 rings (SSSR count). The first-order chi connectivity index (χ1) is 7.72. The SMILES string of the molecule is CCCCCCCCCCN(C)C(=O)CC. The van der Waals surface area contributed by atoms with Crippen molar-refractivity contribution >= 4 is 5.91 Å². The highest BCUT2D eigenvalue weighted by Crippen LogP contribution is 2.08. The van der Waals surface area contributed by atoms with Gasteiger partial charge in [-0.15, -0.1) is 0 Å². The smallest absolute Gasteiger partial charge is 0.222 e. The summed E-state index contributed by atoms with van der Waals surface area (Å²) in [6, 6.07) is 0. The molecule has 0 atom stereocenters. The molecule has 0 fully saturated rings. The number of amides is 1. The Bertz CT molecular complexity index is 168. The number of rotatable bonds is 10. The molecule has 1 amide bonds. The normalized spacial score (nSPS) is 10.4. The third-order valence-electron chi connectivity index (χ3n) is 3.08. The first-order valence-electron chi connectivity index (χ1n) is 6.96. The second-order valence-electron chi connectivity index (χ2n) is 4.64. The third-order valence-corrected chi connectivity index (χ3v) is 3.08. The first kappa shape index (κ1) is 15.5. The van der Waals surface area contributed by atoms with Crippen LogP contribution in [0.3, 0.4) is 0 Å². The minimum absolute atomic E-state index is 0.267. The lowest BCUT2D eigenvalue weighted by Crippen LogP contribution is -2.26. The van der Waals surface area contributed by atoms with Crippen LogP contribution in [0.5, 0.6) is 0 Å². The van der Waals surface area contributed by atoms with E-state index < -0.39 is 0 Å². The van der Waals surface area contributed by atoms with Crippen molar-refractivity contribution < 1.29 is 4.79 Å². The fraction of sp³-hybridized carbons (Fsp3) is 0.929. The molecule has 0 saturated heterocycles. The van der Waals surface area contributed by atoms with Crippen LogP contribution in [-0.2, 0) is 4.79 Å². The summed E-state index contributed by atoms with van der Waals surface area (Å²) in [5.74, 6) is 0.267. The van der Waals surface area contributed by atoms with Gasteiger partial charge in [0.15, 0.2) is 0 Å². The van der Waals surface area contributed by atoms with E-state index in [0.29, 0.717) is 6.42 Å². The number of carbonyl (C=O) groups is 1. The number of hydrogen-bond donors (Lipinski definition) is 0. The van der Waals surface area contributed by atoms with Gasteiger partial charge >= 0.3 is 0 Å². The summed E-state index contributed by atoms with van der Waals surface area (Å²) >= 11 is 0. The Hall–Kier alpha value is -0.530. The second-order valence-corrected chi connectivity index (χ2v) is 4.64. The molecule has 96 valence electrons. The molecule has 0 spiro atoms. The second kappa shape index (κ2) is 11.0. The zero-order valence-corrected chi connectivity index (χ0v) is 11.4. The van der Waals surface area contributed by atoms with Crippen molar-refractivity contribution in [1.82, 2.24) is 4.90 Å². The lowest BCUT2D eigenvalue weighted by atomic mass is 10.1. The lowest BCUT2D eigenvalue weighted by molar-refractivity contribution is -0.129. The molecule has 0 N–H and O–H groups in total. The third kappa shape index (κ3) is 8.75. The molecule has 0 aromatic carbocycles. The Labute approximate surface area is 101 Å². The quantitative estimate of drug-likeness (QED) is 0.517. The highest BCUT2D eigenvalue weighted by atomic mass is 16.2. The summed E-state index contributed by atoms with van der Waals surface area (Å²) in [6.45, 7) is 5.11. The van der Waals surface area contributed by atoms with E-state index in [4.69, 9.17) is 0 Å². The molecule has 0 saturated carbocycles.